The Morgan fingerprint density at radius 1 is 1.13 bits per heavy atom. The lowest BCUT2D eigenvalue weighted by atomic mass is 9.96. The van der Waals surface area contributed by atoms with Gasteiger partial charge in [-0.2, -0.15) is 4.31 Å². The van der Waals surface area contributed by atoms with Crippen LogP contribution in [0.1, 0.15) is 36.5 Å². The zero-order chi connectivity index (χ0) is 22.8. The molecule has 0 aliphatic carbocycles. The van der Waals surface area contributed by atoms with Crippen LogP contribution < -0.4 is 10.1 Å². The third kappa shape index (κ3) is 5.22. The Morgan fingerprint density at radius 3 is 2.29 bits per heavy atom. The lowest BCUT2D eigenvalue weighted by molar-refractivity contribution is -0.120. The molecule has 1 fully saturated rings. The van der Waals surface area contributed by atoms with Crippen LogP contribution in [0, 0.1) is 26.7 Å². The molecule has 0 atom stereocenters. The molecule has 0 bridgehead atoms. The van der Waals surface area contributed by atoms with Crippen LogP contribution >= 0.6 is 11.6 Å². The fraction of sp³-hybridized carbons (Fsp3) is 0.435. The summed E-state index contributed by atoms with van der Waals surface area (Å²) in [6.45, 7) is 8.85. The van der Waals surface area contributed by atoms with Crippen LogP contribution in [0.3, 0.4) is 0 Å². The quantitative estimate of drug-likeness (QED) is 0.672. The van der Waals surface area contributed by atoms with Crippen molar-refractivity contribution in [2.75, 3.05) is 25.0 Å². The number of carbonyl (C=O) groups is 1. The van der Waals surface area contributed by atoms with Crippen molar-refractivity contribution in [3.63, 3.8) is 0 Å². The molecular weight excluding hydrogens is 436 g/mol. The van der Waals surface area contributed by atoms with Crippen molar-refractivity contribution in [2.24, 2.45) is 5.92 Å². The second-order valence-electron chi connectivity index (χ2n) is 7.97. The number of nitrogens with zero attached hydrogens (tertiary/aromatic N) is 1. The first kappa shape index (κ1) is 23.6. The van der Waals surface area contributed by atoms with E-state index >= 15 is 0 Å². The second-order valence-corrected chi connectivity index (χ2v) is 10.3. The van der Waals surface area contributed by atoms with E-state index in [0.717, 1.165) is 22.4 Å². The van der Waals surface area contributed by atoms with Crippen LogP contribution in [-0.2, 0) is 14.8 Å². The summed E-state index contributed by atoms with van der Waals surface area (Å²) in [5.74, 6) is 0.173. The number of nitrogens with one attached hydrogen (secondary N) is 1. The monoisotopic (exact) mass is 464 g/mol. The van der Waals surface area contributed by atoms with Crippen LogP contribution in [0.25, 0.3) is 0 Å². The first-order chi connectivity index (χ1) is 14.6. The Balaban J connectivity index is 1.66. The van der Waals surface area contributed by atoms with Crippen molar-refractivity contribution >= 4 is 33.2 Å². The highest BCUT2D eigenvalue weighted by atomic mass is 35.5. The Kier molecular flexibility index (Phi) is 7.29. The average molecular weight is 465 g/mol. The number of amides is 1. The average Bonchev–Trinajstić information content (AvgIpc) is 2.72. The van der Waals surface area contributed by atoms with Crippen molar-refractivity contribution < 1.29 is 17.9 Å². The number of benzene rings is 2. The zero-order valence-electron chi connectivity index (χ0n) is 18.4. The van der Waals surface area contributed by atoms with E-state index < -0.39 is 10.0 Å². The van der Waals surface area contributed by atoms with E-state index in [-0.39, 0.29) is 34.8 Å². The van der Waals surface area contributed by atoms with Gasteiger partial charge in [-0.1, -0.05) is 29.3 Å². The summed E-state index contributed by atoms with van der Waals surface area (Å²) in [7, 11) is -3.68. The molecule has 1 amide bonds. The third-order valence-electron chi connectivity index (χ3n) is 5.59. The number of halogens is 1. The second kappa shape index (κ2) is 9.59. The highest BCUT2D eigenvalue weighted by molar-refractivity contribution is 7.89. The van der Waals surface area contributed by atoms with E-state index in [1.807, 2.05) is 39.8 Å². The molecule has 1 aliphatic rings. The predicted molar refractivity (Wildman–Crippen MR) is 123 cm³/mol. The van der Waals surface area contributed by atoms with Gasteiger partial charge in [-0.15, -0.1) is 0 Å². The van der Waals surface area contributed by atoms with E-state index in [9.17, 15) is 13.2 Å². The molecule has 0 aromatic heterocycles. The topological polar surface area (TPSA) is 75.7 Å². The van der Waals surface area contributed by atoms with Gasteiger partial charge >= 0.3 is 0 Å². The van der Waals surface area contributed by atoms with Crippen LogP contribution in [-0.4, -0.2) is 38.3 Å². The molecule has 31 heavy (non-hydrogen) atoms. The molecule has 3 rings (SSSR count). The van der Waals surface area contributed by atoms with E-state index in [1.54, 1.807) is 6.07 Å². The van der Waals surface area contributed by atoms with Crippen molar-refractivity contribution in [1.82, 2.24) is 4.31 Å². The third-order valence-corrected chi connectivity index (χ3v) is 7.78. The van der Waals surface area contributed by atoms with Gasteiger partial charge in [-0.25, -0.2) is 8.42 Å². The van der Waals surface area contributed by atoms with Crippen molar-refractivity contribution in [3.05, 3.63) is 52.0 Å². The van der Waals surface area contributed by atoms with Gasteiger partial charge in [0.2, 0.25) is 15.9 Å². The fourth-order valence-electron chi connectivity index (χ4n) is 4.02. The van der Waals surface area contributed by atoms with Crippen molar-refractivity contribution in [2.45, 2.75) is 45.4 Å². The summed E-state index contributed by atoms with van der Waals surface area (Å²) in [5, 5.41) is 3.31. The summed E-state index contributed by atoms with van der Waals surface area (Å²) in [4.78, 5) is 13.0. The van der Waals surface area contributed by atoms with E-state index in [1.165, 1.54) is 16.4 Å². The lowest BCUT2D eigenvalue weighted by Crippen LogP contribution is -2.41. The Morgan fingerprint density at radius 2 is 1.74 bits per heavy atom. The van der Waals surface area contributed by atoms with Gasteiger partial charge in [0.05, 0.1) is 16.5 Å². The highest BCUT2D eigenvalue weighted by Gasteiger charge is 2.32. The number of hydrogen-bond acceptors (Lipinski definition) is 4. The molecule has 2 aromatic rings. The van der Waals surface area contributed by atoms with E-state index in [2.05, 4.69) is 5.32 Å². The van der Waals surface area contributed by atoms with Gasteiger partial charge in [0.15, 0.2) is 0 Å². The predicted octanol–water partition coefficient (Wildman–Crippen LogP) is 4.70. The zero-order valence-corrected chi connectivity index (χ0v) is 19.9. The minimum absolute atomic E-state index is 0.0591. The number of hydrogen-bond donors (Lipinski definition) is 1. The maximum Gasteiger partial charge on any atom is 0.243 e. The number of aryl methyl sites for hydroxylation is 3. The Hall–Kier alpha value is -2.09. The minimum atomic E-state index is -3.68. The summed E-state index contributed by atoms with van der Waals surface area (Å²) >= 11 is 6.17. The van der Waals surface area contributed by atoms with Gasteiger partial charge in [-0.05, 0) is 69.9 Å². The summed E-state index contributed by atoms with van der Waals surface area (Å²) < 4.78 is 32.8. The largest absolute Gasteiger partial charge is 0.492 e. The number of rotatable bonds is 6. The molecular formula is C23H29ClN2O4S. The molecule has 6 nitrogen and oxygen atoms in total. The molecule has 1 saturated heterocycles. The molecule has 1 heterocycles. The van der Waals surface area contributed by atoms with Crippen LogP contribution in [0.5, 0.6) is 5.75 Å². The summed E-state index contributed by atoms with van der Waals surface area (Å²) in [5.41, 5.74) is 4.05. The van der Waals surface area contributed by atoms with E-state index in [0.29, 0.717) is 25.2 Å². The number of ether oxygens (including phenoxy) is 1. The van der Waals surface area contributed by atoms with Crippen LogP contribution in [0.2, 0.25) is 5.02 Å². The van der Waals surface area contributed by atoms with Gasteiger partial charge in [-0.3, -0.25) is 4.79 Å². The molecule has 1 aliphatic heterocycles. The molecule has 8 heteroatoms. The minimum Gasteiger partial charge on any atom is -0.492 e. The molecule has 0 radical (unpaired) electrons. The van der Waals surface area contributed by atoms with Gasteiger partial charge in [0, 0.05) is 24.7 Å². The molecule has 2 aromatic carbocycles. The first-order valence-corrected chi connectivity index (χ1v) is 12.3. The normalized spacial score (nSPS) is 15.6. The SMILES string of the molecule is CCOc1ccc(S(=O)(=O)N2CCC(C(=O)Nc3c(C)cc(C)cc3C)CC2)cc1Cl. The molecule has 168 valence electrons. The fourth-order valence-corrected chi connectivity index (χ4v) is 5.82. The smallest absolute Gasteiger partial charge is 0.243 e. The summed E-state index contributed by atoms with van der Waals surface area (Å²) in [6.07, 6.45) is 0.944. The number of carbonyl (C=O) groups excluding carboxylic acids is 1. The maximum absolute atomic E-state index is 13.0. The maximum atomic E-state index is 13.0. The molecule has 0 unspecified atom stereocenters. The Bertz CT molecular complexity index is 1050. The molecule has 1 N–H and O–H groups in total. The first-order valence-electron chi connectivity index (χ1n) is 10.4. The van der Waals surface area contributed by atoms with Crippen molar-refractivity contribution in [1.29, 1.82) is 0 Å². The van der Waals surface area contributed by atoms with Crippen molar-refractivity contribution in [3.8, 4) is 5.75 Å². The number of sulfonamides is 1. The highest BCUT2D eigenvalue weighted by Crippen LogP contribution is 2.31. The lowest BCUT2D eigenvalue weighted by Gasteiger charge is -2.31. The summed E-state index contributed by atoms with van der Waals surface area (Å²) in [6, 6.07) is 8.59. The van der Waals surface area contributed by atoms with E-state index in [4.69, 9.17) is 16.3 Å². The van der Waals surface area contributed by atoms with Gasteiger partial charge in [0.1, 0.15) is 5.75 Å². The van der Waals surface area contributed by atoms with Crippen LogP contribution in [0.15, 0.2) is 35.2 Å². The molecule has 0 spiro atoms. The number of piperidine rings is 1. The van der Waals surface area contributed by atoms with Gasteiger partial charge < -0.3 is 10.1 Å². The molecule has 0 saturated carbocycles. The number of anilines is 1. The Labute approximate surface area is 189 Å². The van der Waals surface area contributed by atoms with Crippen LogP contribution in [0.4, 0.5) is 5.69 Å². The standard InChI is InChI=1S/C23H29ClN2O4S/c1-5-30-21-7-6-19(14-20(21)24)31(28,29)26-10-8-18(9-11-26)23(27)25-22-16(3)12-15(2)13-17(22)4/h6-7,12-14,18H,5,8-11H2,1-4H3,(H,25,27). The van der Waals surface area contributed by atoms with Gasteiger partial charge in [0.25, 0.3) is 0 Å².